The molecule has 1 saturated heterocycles. The van der Waals surface area contributed by atoms with Crippen molar-refractivity contribution in [3.05, 3.63) is 12.2 Å². The van der Waals surface area contributed by atoms with E-state index in [-0.39, 0.29) is 140 Å². The van der Waals surface area contributed by atoms with Gasteiger partial charge < -0.3 is 34.6 Å². The van der Waals surface area contributed by atoms with Gasteiger partial charge in [-0.15, -0.1) is 0 Å². The summed E-state index contributed by atoms with van der Waals surface area (Å²) >= 11 is 0. The molecule has 53 heavy (non-hydrogen) atoms. The average Bonchev–Trinajstić information content (AvgIpc) is 3.16. The summed E-state index contributed by atoms with van der Waals surface area (Å²) in [6, 6.07) is 0. The molecule has 6 N–H and O–H groups in total. The Morgan fingerprint density at radius 1 is 0.906 bits per heavy atom. The number of carbonyl (C=O) groups excluding carboxylic acids is 1. The van der Waals surface area contributed by atoms with E-state index in [9.17, 15) is 60.8 Å². The zero-order chi connectivity index (χ0) is 38.1. The Morgan fingerprint density at radius 3 is 2.02 bits per heavy atom. The number of ether oxygens (including phenoxy) is 3. The Kier molecular flexibility index (Phi) is 16.1. The van der Waals surface area contributed by atoms with Gasteiger partial charge in [-0.2, -0.15) is 16.8 Å². The zero-order valence-electron chi connectivity index (χ0n) is 30.3. The van der Waals surface area contributed by atoms with E-state index < -0.39 is 117 Å². The van der Waals surface area contributed by atoms with Crippen molar-refractivity contribution >= 4 is 141 Å². The molecule has 1 heterocycles. The second-order valence-electron chi connectivity index (χ2n) is 15.3. The minimum atomic E-state index is -5.51. The van der Waals surface area contributed by atoms with Gasteiger partial charge in [-0.1, -0.05) is 27.4 Å². The molecule has 22 heteroatoms. The molecule has 0 aromatic heterocycles. The molecule has 0 unspecified atom stereocenters. The maximum absolute atomic E-state index is 13.1. The van der Waals surface area contributed by atoms with Gasteiger partial charge >= 0.3 is 38.7 Å². The summed E-state index contributed by atoms with van der Waals surface area (Å²) in [5.41, 5.74) is -3.52. The van der Waals surface area contributed by atoms with Crippen molar-refractivity contribution in [1.82, 2.24) is 0 Å². The molecule has 2 radical (unpaired) electrons. The fraction of sp³-hybridized carbons (Fsp3) is 0.839. The number of esters is 1. The molecule has 2 bridgehead atoms. The van der Waals surface area contributed by atoms with Crippen LogP contribution in [-0.2, 0) is 57.8 Å². The number of carboxylic acids is 2. The number of aliphatic carboxylic acids is 2. The summed E-state index contributed by atoms with van der Waals surface area (Å²) in [5, 5.41) is 42.9. The molecule has 292 valence electrons. The van der Waals surface area contributed by atoms with Gasteiger partial charge in [0.1, 0.15) is 12.2 Å². The largest absolute Gasteiger partial charge is 0.480 e. The average molecular weight is 849 g/mol. The third-order valence-corrected chi connectivity index (χ3v) is 12.9. The van der Waals surface area contributed by atoms with E-state index in [1.807, 2.05) is 0 Å². The van der Waals surface area contributed by atoms with Crippen molar-refractivity contribution in [2.45, 2.75) is 115 Å². The van der Waals surface area contributed by atoms with Crippen LogP contribution in [0.15, 0.2) is 12.2 Å². The maximum Gasteiger partial charge on any atom is 0.397 e. The number of hydrogen-bond donors (Lipinski definition) is 6. The molecule has 1 spiro atoms. The summed E-state index contributed by atoms with van der Waals surface area (Å²) in [6.07, 6.45) is -11.5. The van der Waals surface area contributed by atoms with Crippen LogP contribution in [0.25, 0.3) is 0 Å². The molecule has 1 aliphatic heterocycles. The van der Waals surface area contributed by atoms with Crippen LogP contribution in [0.1, 0.15) is 72.1 Å². The molecule has 5 fully saturated rings. The quantitative estimate of drug-likeness (QED) is 0.0386. The van der Waals surface area contributed by atoms with Crippen LogP contribution < -0.4 is 0 Å². The number of hydrogen-bond acceptors (Lipinski definition) is 14. The van der Waals surface area contributed by atoms with E-state index >= 15 is 0 Å². The normalized spacial score (nSPS) is 39.1. The maximum atomic E-state index is 13.1. The van der Waals surface area contributed by atoms with E-state index in [0.29, 0.717) is 31.3 Å². The molecule has 5 rings (SSSR count). The second-order valence-corrected chi connectivity index (χ2v) is 17.4. The van der Waals surface area contributed by atoms with Gasteiger partial charge in [-0.25, -0.2) is 8.37 Å². The third kappa shape index (κ3) is 9.42. The number of carbonyl (C=O) groups is 3. The third-order valence-electron chi connectivity index (χ3n) is 12.0. The molecular weight excluding hydrogens is 803 g/mol. The van der Waals surface area contributed by atoms with Crippen molar-refractivity contribution in [2.24, 2.45) is 39.9 Å². The summed E-state index contributed by atoms with van der Waals surface area (Å²) in [5.74, 6) is -5.84. The molecule has 12 atom stereocenters. The fourth-order valence-corrected chi connectivity index (χ4v) is 11.3. The topological polar surface area (TPSA) is 287 Å². The van der Waals surface area contributed by atoms with Gasteiger partial charge in [0.05, 0.1) is 18.8 Å². The van der Waals surface area contributed by atoms with E-state index in [2.05, 4.69) is 10.8 Å². The number of aliphatic hydroxyl groups excluding tert-OH is 2. The predicted molar refractivity (Wildman–Crippen MR) is 180 cm³/mol. The molecule has 4 aliphatic carbocycles. The van der Waals surface area contributed by atoms with E-state index in [4.69, 9.17) is 18.4 Å². The Hall–Kier alpha value is 1.00. The first-order valence-electron chi connectivity index (χ1n) is 16.7. The molecule has 0 aromatic rings. The standard InChI is InChI=1S/C31H46O18S2.2K/c1-14(2)9-21(33)47-24-23(49-51(42,43)44)22(48-50(39,40)41)18(13-32)46-26(24)45-17-11-29(4)19-6-5-16-10-30(19,25(34)15(16)3)8-7-20(29)31(12-17,27(35)36)28(37)38;;/h14,16-20,22-26,32,34H,3,5-13H2,1-2,4H3,(H,35,36)(H,37,38)(H,39,40,41)(H,42,43,44);;/t16-,17+,18-,19+,20+,22-,23+,24-,25+,26-,29+,30-;;/m1../s1. The van der Waals surface area contributed by atoms with Gasteiger partial charge in [0.2, 0.25) is 0 Å². The second kappa shape index (κ2) is 17.7. The number of rotatable bonds is 12. The summed E-state index contributed by atoms with van der Waals surface area (Å²) in [7, 11) is -11.0. The Labute approximate surface area is 393 Å². The Balaban J connectivity index is 0.00000378. The fourth-order valence-electron chi connectivity index (χ4n) is 10.3. The van der Waals surface area contributed by atoms with Crippen LogP contribution in [0.2, 0.25) is 0 Å². The van der Waals surface area contributed by atoms with Crippen molar-refractivity contribution in [3.63, 3.8) is 0 Å². The predicted octanol–water partition coefficient (Wildman–Crippen LogP) is 0.360. The van der Waals surface area contributed by atoms with Crippen molar-refractivity contribution in [3.8, 4) is 0 Å². The van der Waals surface area contributed by atoms with E-state index in [1.54, 1.807) is 20.8 Å². The Bertz CT molecular complexity index is 1630. The SMILES string of the molecule is C=C1[C@@H]2CC[C@H]3[C@]4(C)C[C@H](O[C@@H]5O[C@H](CO)[C@@H](OS(=O)(=O)O)[C@H](OS(=O)(=O)O)[C@H]5OC(=O)CC(C)C)CC(C(=O)O)(C(=O)O)[C@H]4CC[C@]3(C2)[C@H]1O.[K].[K]. The van der Waals surface area contributed by atoms with Gasteiger partial charge in [0.25, 0.3) is 0 Å². The number of carboxylic acid groups (broad SMARTS) is 2. The van der Waals surface area contributed by atoms with Gasteiger partial charge in [0.15, 0.2) is 23.9 Å². The monoisotopic (exact) mass is 848 g/mol. The van der Waals surface area contributed by atoms with E-state index in [1.165, 1.54) is 0 Å². The molecule has 0 aromatic carbocycles. The van der Waals surface area contributed by atoms with Crippen molar-refractivity contribution in [2.75, 3.05) is 6.61 Å². The molecule has 4 saturated carbocycles. The van der Waals surface area contributed by atoms with Crippen molar-refractivity contribution < 1.29 is 83.3 Å². The van der Waals surface area contributed by atoms with E-state index in [0.717, 1.165) is 0 Å². The molecule has 18 nitrogen and oxygen atoms in total. The summed E-state index contributed by atoms with van der Waals surface area (Å²) in [6.45, 7) is 8.03. The van der Waals surface area contributed by atoms with Crippen molar-refractivity contribution in [1.29, 1.82) is 0 Å². The molecule has 0 amide bonds. The Morgan fingerprint density at radius 2 is 1.49 bits per heavy atom. The first-order chi connectivity index (χ1) is 23.5. The molecule has 5 aliphatic rings. The first kappa shape index (κ1) is 48.4. The van der Waals surface area contributed by atoms with Crippen LogP contribution in [0.5, 0.6) is 0 Å². The van der Waals surface area contributed by atoms with Crippen LogP contribution in [0.4, 0.5) is 0 Å². The summed E-state index contributed by atoms with van der Waals surface area (Å²) in [4.78, 5) is 39.3. The van der Waals surface area contributed by atoms with Gasteiger partial charge in [-0.3, -0.25) is 23.5 Å². The van der Waals surface area contributed by atoms with Crippen LogP contribution >= 0.6 is 0 Å². The summed E-state index contributed by atoms with van der Waals surface area (Å²) < 4.78 is 93.4. The minimum absolute atomic E-state index is 0. The number of fused-ring (bicyclic) bond motifs is 3. The molecular formula is C31H46K2O18S2. The first-order valence-corrected chi connectivity index (χ1v) is 19.5. The van der Waals surface area contributed by atoms with Gasteiger partial charge in [0, 0.05) is 121 Å². The smallest absolute Gasteiger partial charge is 0.397 e. The van der Waals surface area contributed by atoms with Gasteiger partial charge in [-0.05, 0) is 73.2 Å². The van der Waals surface area contributed by atoms with Crippen LogP contribution in [0, 0.1) is 39.9 Å². The zero-order valence-corrected chi connectivity index (χ0v) is 38.2. The van der Waals surface area contributed by atoms with Crippen LogP contribution in [-0.4, -0.2) is 217 Å². The number of aliphatic hydroxyl groups is 2. The minimum Gasteiger partial charge on any atom is -0.480 e. The van der Waals surface area contributed by atoms with Crippen LogP contribution in [0.3, 0.4) is 0 Å².